The third-order valence-corrected chi connectivity index (χ3v) is 3.59. The molecule has 0 aliphatic rings. The van der Waals surface area contributed by atoms with Gasteiger partial charge in [-0.15, -0.1) is 0 Å². The molecule has 0 radical (unpaired) electrons. The van der Waals surface area contributed by atoms with Crippen molar-refractivity contribution in [2.24, 2.45) is 0 Å². The number of benzene rings is 1. The molecule has 0 saturated heterocycles. The number of aromatic nitrogens is 1. The summed E-state index contributed by atoms with van der Waals surface area (Å²) >= 11 is 0. The number of ether oxygens (including phenoxy) is 3. The van der Waals surface area contributed by atoms with Crippen molar-refractivity contribution in [1.82, 2.24) is 4.98 Å². The van der Waals surface area contributed by atoms with Crippen LogP contribution in [0.15, 0.2) is 12.1 Å². The standard InChI is InChI=1S/C16H19NO5/c1-9-11-7-13(20-2)14(21-3)8-12(11)10(16(19)17-9)5-6-15(18)22-4/h7-8H,5-6H2,1-4H3,(H,17,19). The van der Waals surface area contributed by atoms with Crippen molar-refractivity contribution in [2.75, 3.05) is 21.3 Å². The summed E-state index contributed by atoms with van der Waals surface area (Å²) in [4.78, 5) is 15.5. The van der Waals surface area contributed by atoms with Gasteiger partial charge < -0.3 is 19.3 Å². The maximum Gasteiger partial charge on any atom is 0.305 e. The Bertz CT molecular complexity index is 711. The third kappa shape index (κ3) is 2.90. The zero-order chi connectivity index (χ0) is 16.3. The summed E-state index contributed by atoms with van der Waals surface area (Å²) in [6.45, 7) is 1.80. The molecule has 1 aromatic carbocycles. The molecule has 0 aliphatic carbocycles. The van der Waals surface area contributed by atoms with Crippen molar-refractivity contribution < 1.29 is 24.1 Å². The number of aryl methyl sites for hydroxylation is 2. The highest BCUT2D eigenvalue weighted by Crippen LogP contribution is 2.37. The minimum absolute atomic E-state index is 0.0823. The fourth-order valence-corrected chi connectivity index (χ4v) is 2.41. The van der Waals surface area contributed by atoms with Crippen LogP contribution in [0, 0.1) is 6.92 Å². The number of hydrogen-bond donors (Lipinski definition) is 1. The summed E-state index contributed by atoms with van der Waals surface area (Å²) in [5.74, 6) is 0.721. The molecule has 2 aromatic rings. The fourth-order valence-electron chi connectivity index (χ4n) is 2.41. The predicted molar refractivity (Wildman–Crippen MR) is 81.6 cm³/mol. The molecule has 0 aliphatic heterocycles. The molecular formula is C16H19NO5. The topological polar surface area (TPSA) is 77.9 Å². The van der Waals surface area contributed by atoms with Crippen LogP contribution in [0.5, 0.6) is 17.4 Å². The number of carbonyl (C=O) groups excluding carboxylic acids is 1. The Hall–Kier alpha value is -2.50. The number of hydrogen-bond acceptors (Lipinski definition) is 6. The number of methoxy groups -OCH3 is 3. The first-order valence-electron chi connectivity index (χ1n) is 6.82. The number of fused-ring (bicyclic) bond motifs is 1. The van der Waals surface area contributed by atoms with Crippen LogP contribution < -0.4 is 9.47 Å². The van der Waals surface area contributed by atoms with Crippen LogP contribution in [-0.2, 0) is 16.0 Å². The van der Waals surface area contributed by atoms with E-state index in [1.165, 1.54) is 7.11 Å². The normalized spacial score (nSPS) is 10.5. The Kier molecular flexibility index (Phi) is 4.70. The molecule has 22 heavy (non-hydrogen) atoms. The molecule has 0 fully saturated rings. The maximum atomic E-state index is 11.4. The molecule has 2 rings (SSSR count). The molecule has 118 valence electrons. The van der Waals surface area contributed by atoms with Crippen molar-refractivity contribution in [2.45, 2.75) is 19.8 Å². The average Bonchev–Trinajstić information content (AvgIpc) is 2.52. The number of pyridine rings is 1. The Morgan fingerprint density at radius 2 is 1.73 bits per heavy atom. The summed E-state index contributed by atoms with van der Waals surface area (Å²) in [5, 5.41) is 11.8. The van der Waals surface area contributed by atoms with E-state index in [0.29, 0.717) is 29.2 Å². The summed E-state index contributed by atoms with van der Waals surface area (Å²) in [6.07, 6.45) is 0.496. The van der Waals surface area contributed by atoms with Crippen LogP contribution in [0.1, 0.15) is 17.7 Å². The van der Waals surface area contributed by atoms with Gasteiger partial charge in [-0.2, -0.15) is 0 Å². The molecule has 6 heteroatoms. The van der Waals surface area contributed by atoms with E-state index >= 15 is 0 Å². The predicted octanol–water partition coefficient (Wildman–Crippen LogP) is 2.37. The van der Waals surface area contributed by atoms with Crippen LogP contribution >= 0.6 is 0 Å². The van der Waals surface area contributed by atoms with Gasteiger partial charge in [-0.25, -0.2) is 4.98 Å². The fraction of sp³-hybridized carbons (Fsp3) is 0.375. The van der Waals surface area contributed by atoms with Gasteiger partial charge >= 0.3 is 5.97 Å². The first-order chi connectivity index (χ1) is 10.5. The lowest BCUT2D eigenvalue weighted by molar-refractivity contribution is -0.140. The van der Waals surface area contributed by atoms with E-state index < -0.39 is 0 Å². The largest absolute Gasteiger partial charge is 0.493 e. The molecule has 0 bridgehead atoms. The minimum Gasteiger partial charge on any atom is -0.493 e. The van der Waals surface area contributed by atoms with Crippen molar-refractivity contribution in [3.8, 4) is 17.4 Å². The molecular weight excluding hydrogens is 286 g/mol. The van der Waals surface area contributed by atoms with Crippen molar-refractivity contribution >= 4 is 16.7 Å². The van der Waals surface area contributed by atoms with E-state index in [0.717, 1.165) is 10.8 Å². The van der Waals surface area contributed by atoms with Crippen LogP contribution in [0.3, 0.4) is 0 Å². The Morgan fingerprint density at radius 3 is 2.27 bits per heavy atom. The zero-order valence-electron chi connectivity index (χ0n) is 13.1. The van der Waals surface area contributed by atoms with Gasteiger partial charge in [0.25, 0.3) is 0 Å². The van der Waals surface area contributed by atoms with Crippen LogP contribution in [-0.4, -0.2) is 37.4 Å². The van der Waals surface area contributed by atoms with Gasteiger partial charge in [-0.3, -0.25) is 4.79 Å². The quantitative estimate of drug-likeness (QED) is 0.855. The maximum absolute atomic E-state index is 11.4. The molecule has 0 atom stereocenters. The number of carbonyl (C=O) groups is 1. The van der Waals surface area contributed by atoms with Gasteiger partial charge in [0.15, 0.2) is 11.5 Å². The molecule has 0 spiro atoms. The van der Waals surface area contributed by atoms with E-state index in [4.69, 9.17) is 9.47 Å². The second kappa shape index (κ2) is 6.51. The molecule has 1 N–H and O–H groups in total. The first kappa shape index (κ1) is 15.9. The van der Waals surface area contributed by atoms with E-state index in [-0.39, 0.29) is 18.3 Å². The highest BCUT2D eigenvalue weighted by molar-refractivity contribution is 5.92. The van der Waals surface area contributed by atoms with Crippen molar-refractivity contribution in [3.05, 3.63) is 23.4 Å². The van der Waals surface area contributed by atoms with E-state index in [9.17, 15) is 9.90 Å². The summed E-state index contributed by atoms with van der Waals surface area (Å²) in [5.41, 5.74) is 1.27. The highest BCUT2D eigenvalue weighted by Gasteiger charge is 2.16. The Balaban J connectivity index is 2.61. The van der Waals surface area contributed by atoms with Gasteiger partial charge in [0.1, 0.15) is 0 Å². The number of rotatable bonds is 5. The molecule has 0 saturated carbocycles. The molecule has 0 unspecified atom stereocenters. The Morgan fingerprint density at radius 1 is 1.14 bits per heavy atom. The van der Waals surface area contributed by atoms with E-state index in [1.54, 1.807) is 27.2 Å². The molecule has 6 nitrogen and oxygen atoms in total. The lowest BCUT2D eigenvalue weighted by Gasteiger charge is -2.14. The Labute approximate surface area is 128 Å². The molecule has 1 heterocycles. The number of aromatic hydroxyl groups is 1. The van der Waals surface area contributed by atoms with Gasteiger partial charge in [0, 0.05) is 23.1 Å². The zero-order valence-corrected chi connectivity index (χ0v) is 13.1. The van der Waals surface area contributed by atoms with Gasteiger partial charge in [-0.05, 0) is 30.9 Å². The number of nitrogens with zero attached hydrogens (tertiary/aromatic N) is 1. The van der Waals surface area contributed by atoms with Gasteiger partial charge in [-0.1, -0.05) is 0 Å². The lowest BCUT2D eigenvalue weighted by atomic mass is 10.0. The smallest absolute Gasteiger partial charge is 0.305 e. The lowest BCUT2D eigenvalue weighted by Crippen LogP contribution is -2.04. The SMILES string of the molecule is COC(=O)CCc1c(O)nc(C)c2cc(OC)c(OC)cc12. The van der Waals surface area contributed by atoms with Crippen LogP contribution in [0.2, 0.25) is 0 Å². The number of esters is 1. The summed E-state index contributed by atoms with van der Waals surface area (Å²) < 4.78 is 15.2. The third-order valence-electron chi connectivity index (χ3n) is 3.59. The van der Waals surface area contributed by atoms with Crippen LogP contribution in [0.25, 0.3) is 10.8 Å². The minimum atomic E-state index is -0.339. The van der Waals surface area contributed by atoms with Crippen LogP contribution in [0.4, 0.5) is 0 Å². The van der Waals surface area contributed by atoms with Gasteiger partial charge in [0.05, 0.1) is 21.3 Å². The molecule has 1 aromatic heterocycles. The van der Waals surface area contributed by atoms with E-state index in [1.807, 2.05) is 6.07 Å². The average molecular weight is 305 g/mol. The van der Waals surface area contributed by atoms with Gasteiger partial charge in [0.2, 0.25) is 5.88 Å². The second-order valence-corrected chi connectivity index (χ2v) is 4.83. The highest BCUT2D eigenvalue weighted by atomic mass is 16.5. The second-order valence-electron chi connectivity index (χ2n) is 4.83. The molecule has 0 amide bonds. The van der Waals surface area contributed by atoms with Crippen molar-refractivity contribution in [1.29, 1.82) is 0 Å². The summed E-state index contributed by atoms with van der Waals surface area (Å²) in [7, 11) is 4.44. The van der Waals surface area contributed by atoms with Crippen molar-refractivity contribution in [3.63, 3.8) is 0 Å². The first-order valence-corrected chi connectivity index (χ1v) is 6.82. The van der Waals surface area contributed by atoms with E-state index in [2.05, 4.69) is 9.72 Å². The summed E-state index contributed by atoms with van der Waals surface area (Å²) in [6, 6.07) is 3.60. The monoisotopic (exact) mass is 305 g/mol.